The highest BCUT2D eigenvalue weighted by atomic mass is 32.2. The van der Waals surface area contributed by atoms with E-state index in [1.165, 1.54) is 23.5 Å². The van der Waals surface area contributed by atoms with E-state index in [1.54, 1.807) is 12.1 Å². The molecule has 26 heavy (non-hydrogen) atoms. The van der Waals surface area contributed by atoms with Crippen LogP contribution in [-0.2, 0) is 16.6 Å². The SMILES string of the molecule is CCOc1ccc(S(=O)(=O)NCc2csc(-c3ccccc3C)n2)cc1. The van der Waals surface area contributed by atoms with E-state index in [0.717, 1.165) is 16.1 Å². The van der Waals surface area contributed by atoms with E-state index in [0.29, 0.717) is 18.1 Å². The molecule has 3 aromatic rings. The molecule has 0 saturated carbocycles. The molecule has 0 saturated heterocycles. The van der Waals surface area contributed by atoms with Gasteiger partial charge in [-0.05, 0) is 43.7 Å². The summed E-state index contributed by atoms with van der Waals surface area (Å²) in [7, 11) is -3.59. The van der Waals surface area contributed by atoms with Gasteiger partial charge in [0.1, 0.15) is 10.8 Å². The van der Waals surface area contributed by atoms with Gasteiger partial charge in [-0.25, -0.2) is 18.1 Å². The highest BCUT2D eigenvalue weighted by molar-refractivity contribution is 7.89. The van der Waals surface area contributed by atoms with Gasteiger partial charge in [0.05, 0.1) is 23.7 Å². The smallest absolute Gasteiger partial charge is 0.240 e. The molecule has 0 unspecified atom stereocenters. The lowest BCUT2D eigenvalue weighted by Crippen LogP contribution is -2.23. The Kier molecular flexibility index (Phi) is 5.70. The number of hydrogen-bond donors (Lipinski definition) is 1. The monoisotopic (exact) mass is 388 g/mol. The number of nitrogens with one attached hydrogen (secondary N) is 1. The van der Waals surface area contributed by atoms with Crippen molar-refractivity contribution in [3.8, 4) is 16.3 Å². The predicted molar refractivity (Wildman–Crippen MR) is 104 cm³/mol. The molecule has 136 valence electrons. The van der Waals surface area contributed by atoms with Crippen LogP contribution in [-0.4, -0.2) is 20.0 Å². The van der Waals surface area contributed by atoms with Gasteiger partial charge in [-0.3, -0.25) is 0 Å². The molecule has 0 spiro atoms. The lowest BCUT2D eigenvalue weighted by atomic mass is 10.1. The minimum Gasteiger partial charge on any atom is -0.494 e. The fourth-order valence-electron chi connectivity index (χ4n) is 2.46. The van der Waals surface area contributed by atoms with Crippen molar-refractivity contribution in [3.63, 3.8) is 0 Å². The minimum atomic E-state index is -3.59. The average molecular weight is 389 g/mol. The number of benzene rings is 2. The maximum absolute atomic E-state index is 12.4. The van der Waals surface area contributed by atoms with Gasteiger partial charge >= 0.3 is 0 Å². The first kappa shape index (κ1) is 18.6. The zero-order valence-electron chi connectivity index (χ0n) is 14.6. The van der Waals surface area contributed by atoms with Crippen molar-refractivity contribution in [1.29, 1.82) is 0 Å². The fourth-order valence-corrected chi connectivity index (χ4v) is 4.37. The van der Waals surface area contributed by atoms with Crippen molar-refractivity contribution in [3.05, 3.63) is 65.2 Å². The van der Waals surface area contributed by atoms with Crippen molar-refractivity contribution in [2.24, 2.45) is 0 Å². The van der Waals surface area contributed by atoms with Crippen molar-refractivity contribution in [1.82, 2.24) is 9.71 Å². The Bertz CT molecular complexity index is 980. The molecule has 0 aliphatic carbocycles. The van der Waals surface area contributed by atoms with Gasteiger partial charge in [0.25, 0.3) is 0 Å². The molecule has 0 radical (unpaired) electrons. The minimum absolute atomic E-state index is 0.151. The van der Waals surface area contributed by atoms with Gasteiger partial charge in [-0.15, -0.1) is 11.3 Å². The first-order valence-electron chi connectivity index (χ1n) is 8.22. The molecular formula is C19H20N2O3S2. The second-order valence-electron chi connectivity index (χ2n) is 5.69. The van der Waals surface area contributed by atoms with E-state index < -0.39 is 10.0 Å². The predicted octanol–water partition coefficient (Wildman–Crippen LogP) is 4.00. The van der Waals surface area contributed by atoms with Crippen LogP contribution >= 0.6 is 11.3 Å². The second-order valence-corrected chi connectivity index (χ2v) is 8.31. The summed E-state index contributed by atoms with van der Waals surface area (Å²) >= 11 is 1.51. The maximum Gasteiger partial charge on any atom is 0.240 e. The number of aromatic nitrogens is 1. The summed E-state index contributed by atoms with van der Waals surface area (Å²) in [6.07, 6.45) is 0. The zero-order valence-corrected chi connectivity index (χ0v) is 16.2. The molecule has 0 amide bonds. The summed E-state index contributed by atoms with van der Waals surface area (Å²) < 4.78 is 32.8. The Morgan fingerprint density at radius 2 is 1.85 bits per heavy atom. The Morgan fingerprint density at radius 3 is 2.54 bits per heavy atom. The van der Waals surface area contributed by atoms with E-state index in [4.69, 9.17) is 4.74 Å². The molecule has 1 heterocycles. The molecule has 2 aromatic carbocycles. The summed E-state index contributed by atoms with van der Waals surface area (Å²) in [4.78, 5) is 4.75. The summed E-state index contributed by atoms with van der Waals surface area (Å²) in [6, 6.07) is 14.4. The molecule has 0 atom stereocenters. The van der Waals surface area contributed by atoms with Crippen LogP contribution in [0.1, 0.15) is 18.2 Å². The zero-order chi connectivity index (χ0) is 18.6. The van der Waals surface area contributed by atoms with Crippen LogP contribution in [0.25, 0.3) is 10.6 Å². The molecule has 0 aliphatic heterocycles. The standard InChI is InChI=1S/C19H20N2O3S2/c1-3-24-16-8-10-17(11-9-16)26(22,23)20-12-15-13-25-19(21-15)18-7-5-4-6-14(18)2/h4-11,13,20H,3,12H2,1-2H3. The van der Waals surface area contributed by atoms with Crippen LogP contribution in [0.5, 0.6) is 5.75 Å². The Morgan fingerprint density at radius 1 is 1.12 bits per heavy atom. The molecule has 0 fully saturated rings. The molecule has 1 aromatic heterocycles. The number of thiazole rings is 1. The van der Waals surface area contributed by atoms with Crippen LogP contribution in [0.2, 0.25) is 0 Å². The van der Waals surface area contributed by atoms with Gasteiger partial charge in [-0.1, -0.05) is 24.3 Å². The summed E-state index contributed by atoms with van der Waals surface area (Å²) in [6.45, 7) is 4.60. The first-order valence-corrected chi connectivity index (χ1v) is 10.6. The van der Waals surface area contributed by atoms with Gasteiger partial charge in [0.15, 0.2) is 0 Å². The third-order valence-electron chi connectivity index (χ3n) is 3.82. The van der Waals surface area contributed by atoms with Gasteiger partial charge < -0.3 is 4.74 Å². The van der Waals surface area contributed by atoms with Crippen LogP contribution in [0.15, 0.2) is 58.8 Å². The quantitative estimate of drug-likeness (QED) is 0.664. The van der Waals surface area contributed by atoms with Crippen molar-refractivity contribution in [2.45, 2.75) is 25.3 Å². The van der Waals surface area contributed by atoms with Crippen LogP contribution < -0.4 is 9.46 Å². The molecule has 7 heteroatoms. The molecule has 0 bridgehead atoms. The van der Waals surface area contributed by atoms with Crippen LogP contribution in [0.3, 0.4) is 0 Å². The van der Waals surface area contributed by atoms with E-state index in [2.05, 4.69) is 9.71 Å². The highest BCUT2D eigenvalue weighted by Crippen LogP contribution is 2.26. The fraction of sp³-hybridized carbons (Fsp3) is 0.211. The summed E-state index contributed by atoms with van der Waals surface area (Å²) in [5.41, 5.74) is 2.91. The van der Waals surface area contributed by atoms with Crippen molar-refractivity contribution in [2.75, 3.05) is 6.61 Å². The molecule has 1 N–H and O–H groups in total. The lowest BCUT2D eigenvalue weighted by molar-refractivity contribution is 0.340. The largest absolute Gasteiger partial charge is 0.494 e. The third-order valence-corrected chi connectivity index (χ3v) is 6.16. The lowest BCUT2D eigenvalue weighted by Gasteiger charge is -2.07. The van der Waals surface area contributed by atoms with Crippen molar-refractivity contribution >= 4 is 21.4 Å². The molecule has 3 rings (SSSR count). The normalized spacial score (nSPS) is 11.5. The molecule has 0 aliphatic rings. The third kappa shape index (κ3) is 4.30. The first-order chi connectivity index (χ1) is 12.5. The number of aryl methyl sites for hydroxylation is 1. The highest BCUT2D eigenvalue weighted by Gasteiger charge is 2.15. The van der Waals surface area contributed by atoms with Crippen LogP contribution in [0, 0.1) is 6.92 Å². The van der Waals surface area contributed by atoms with Crippen molar-refractivity contribution < 1.29 is 13.2 Å². The van der Waals surface area contributed by atoms with Gasteiger partial charge in [0, 0.05) is 10.9 Å². The Balaban J connectivity index is 1.69. The molecular weight excluding hydrogens is 368 g/mol. The number of sulfonamides is 1. The summed E-state index contributed by atoms with van der Waals surface area (Å²) in [5, 5.41) is 2.76. The number of ether oxygens (including phenoxy) is 1. The Labute approximate surface area is 157 Å². The number of hydrogen-bond acceptors (Lipinski definition) is 5. The number of rotatable bonds is 7. The van der Waals surface area contributed by atoms with Gasteiger partial charge in [0.2, 0.25) is 10.0 Å². The number of nitrogens with zero attached hydrogens (tertiary/aromatic N) is 1. The van der Waals surface area contributed by atoms with Gasteiger partial charge in [-0.2, -0.15) is 0 Å². The maximum atomic E-state index is 12.4. The van der Waals surface area contributed by atoms with E-state index >= 15 is 0 Å². The topological polar surface area (TPSA) is 68.3 Å². The summed E-state index contributed by atoms with van der Waals surface area (Å²) in [5.74, 6) is 0.647. The van der Waals surface area contributed by atoms with E-state index in [9.17, 15) is 8.42 Å². The Hall–Kier alpha value is -2.22. The van der Waals surface area contributed by atoms with E-state index in [1.807, 2.05) is 43.5 Å². The average Bonchev–Trinajstić information content (AvgIpc) is 3.10. The van der Waals surface area contributed by atoms with Crippen LogP contribution in [0.4, 0.5) is 0 Å². The second kappa shape index (κ2) is 7.99. The molecule has 5 nitrogen and oxygen atoms in total. The van der Waals surface area contributed by atoms with E-state index in [-0.39, 0.29) is 11.4 Å².